The van der Waals surface area contributed by atoms with Crippen LogP contribution in [0.1, 0.15) is 19.4 Å². The van der Waals surface area contributed by atoms with Crippen molar-refractivity contribution in [3.8, 4) is 0 Å². The van der Waals surface area contributed by atoms with Crippen molar-refractivity contribution in [1.29, 1.82) is 0 Å². The lowest BCUT2D eigenvalue weighted by atomic mass is 10.1. The molecule has 0 unspecified atom stereocenters. The molecule has 92 valence electrons. The van der Waals surface area contributed by atoms with Gasteiger partial charge in [-0.25, -0.2) is 4.79 Å². The van der Waals surface area contributed by atoms with Gasteiger partial charge in [-0.05, 0) is 19.4 Å². The van der Waals surface area contributed by atoms with Gasteiger partial charge in [-0.15, -0.1) is 0 Å². The van der Waals surface area contributed by atoms with Crippen LogP contribution in [0.25, 0.3) is 0 Å². The molecule has 0 spiro atoms. The van der Waals surface area contributed by atoms with Crippen LogP contribution in [0.4, 0.5) is 4.79 Å². The summed E-state index contributed by atoms with van der Waals surface area (Å²) in [5.41, 5.74) is 5.26. The highest BCUT2D eigenvalue weighted by Gasteiger charge is 2.24. The van der Waals surface area contributed by atoms with Crippen molar-refractivity contribution >= 4 is 12.0 Å². The maximum atomic E-state index is 11.3. The number of imide groups is 1. The SMILES string of the molecule is CC(C)(N)C(=O)NC(=O)OCc1ccccc1. The monoisotopic (exact) mass is 236 g/mol. The van der Waals surface area contributed by atoms with Gasteiger partial charge in [0.1, 0.15) is 6.61 Å². The predicted molar refractivity (Wildman–Crippen MR) is 63.0 cm³/mol. The molecule has 0 aliphatic rings. The largest absolute Gasteiger partial charge is 0.444 e. The second-order valence-electron chi connectivity index (χ2n) is 4.24. The van der Waals surface area contributed by atoms with Crippen molar-refractivity contribution in [2.45, 2.75) is 26.0 Å². The molecule has 0 bridgehead atoms. The van der Waals surface area contributed by atoms with E-state index >= 15 is 0 Å². The molecule has 0 radical (unpaired) electrons. The van der Waals surface area contributed by atoms with Crippen molar-refractivity contribution in [3.63, 3.8) is 0 Å². The molecule has 17 heavy (non-hydrogen) atoms. The topological polar surface area (TPSA) is 81.4 Å². The van der Waals surface area contributed by atoms with Crippen LogP contribution in [0, 0.1) is 0 Å². The average molecular weight is 236 g/mol. The number of benzene rings is 1. The molecule has 5 heteroatoms. The zero-order chi connectivity index (χ0) is 12.9. The number of nitrogens with one attached hydrogen (secondary N) is 1. The van der Waals surface area contributed by atoms with Gasteiger partial charge in [0.2, 0.25) is 5.91 Å². The third-order valence-electron chi connectivity index (χ3n) is 2.01. The van der Waals surface area contributed by atoms with Crippen LogP contribution in [0.5, 0.6) is 0 Å². The van der Waals surface area contributed by atoms with E-state index in [9.17, 15) is 9.59 Å². The van der Waals surface area contributed by atoms with E-state index in [-0.39, 0.29) is 6.61 Å². The normalized spacial score (nSPS) is 10.8. The van der Waals surface area contributed by atoms with Crippen molar-refractivity contribution in [3.05, 3.63) is 35.9 Å². The fourth-order valence-electron chi connectivity index (χ4n) is 1.01. The van der Waals surface area contributed by atoms with Gasteiger partial charge in [0.05, 0.1) is 5.54 Å². The number of alkyl carbamates (subject to hydrolysis) is 1. The molecule has 5 nitrogen and oxygen atoms in total. The van der Waals surface area contributed by atoms with Crippen molar-refractivity contribution in [2.24, 2.45) is 5.73 Å². The number of carbonyl (C=O) groups is 2. The summed E-state index contributed by atoms with van der Waals surface area (Å²) in [7, 11) is 0. The third-order valence-corrected chi connectivity index (χ3v) is 2.01. The highest BCUT2D eigenvalue weighted by molar-refractivity contribution is 5.96. The van der Waals surface area contributed by atoms with Gasteiger partial charge >= 0.3 is 6.09 Å². The van der Waals surface area contributed by atoms with E-state index in [1.807, 2.05) is 30.3 Å². The molecular formula is C12H16N2O3. The van der Waals surface area contributed by atoms with Gasteiger partial charge in [0.15, 0.2) is 0 Å². The molecule has 1 rings (SSSR count). The van der Waals surface area contributed by atoms with Crippen LogP contribution < -0.4 is 11.1 Å². The number of hydrogen-bond donors (Lipinski definition) is 2. The van der Waals surface area contributed by atoms with E-state index in [1.54, 1.807) is 0 Å². The van der Waals surface area contributed by atoms with Crippen LogP contribution in [-0.2, 0) is 16.1 Å². The number of nitrogens with two attached hydrogens (primary N) is 1. The van der Waals surface area contributed by atoms with Gasteiger partial charge in [-0.2, -0.15) is 0 Å². The fourth-order valence-corrected chi connectivity index (χ4v) is 1.01. The van der Waals surface area contributed by atoms with E-state index in [0.29, 0.717) is 0 Å². The van der Waals surface area contributed by atoms with Crippen LogP contribution >= 0.6 is 0 Å². The summed E-state index contributed by atoms with van der Waals surface area (Å²) in [4.78, 5) is 22.6. The maximum absolute atomic E-state index is 11.3. The summed E-state index contributed by atoms with van der Waals surface area (Å²) < 4.78 is 4.87. The summed E-state index contributed by atoms with van der Waals surface area (Å²) in [6.45, 7) is 3.13. The Morgan fingerprint density at radius 3 is 2.41 bits per heavy atom. The molecule has 0 saturated heterocycles. The molecule has 1 aromatic carbocycles. The summed E-state index contributed by atoms with van der Waals surface area (Å²) in [6.07, 6.45) is -0.794. The first kappa shape index (κ1) is 13.2. The van der Waals surface area contributed by atoms with Gasteiger partial charge in [0.25, 0.3) is 0 Å². The highest BCUT2D eigenvalue weighted by atomic mass is 16.5. The van der Waals surface area contributed by atoms with Crippen LogP contribution in [0.15, 0.2) is 30.3 Å². The quantitative estimate of drug-likeness (QED) is 0.825. The molecule has 0 aliphatic heterocycles. The molecule has 0 fully saturated rings. The van der Waals surface area contributed by atoms with Crippen LogP contribution in [0.3, 0.4) is 0 Å². The zero-order valence-corrected chi connectivity index (χ0v) is 9.90. The Labute approximate surface area is 99.9 Å². The Morgan fingerprint density at radius 2 is 1.88 bits per heavy atom. The molecule has 0 heterocycles. The van der Waals surface area contributed by atoms with E-state index in [2.05, 4.69) is 5.32 Å². The Hall–Kier alpha value is -1.88. The minimum absolute atomic E-state index is 0.116. The first-order valence-electron chi connectivity index (χ1n) is 5.20. The lowest BCUT2D eigenvalue weighted by molar-refractivity contribution is -0.124. The highest BCUT2D eigenvalue weighted by Crippen LogP contribution is 2.01. The van der Waals surface area contributed by atoms with Crippen molar-refractivity contribution in [1.82, 2.24) is 5.32 Å². The smallest absolute Gasteiger partial charge is 0.414 e. The second-order valence-corrected chi connectivity index (χ2v) is 4.24. The molecular weight excluding hydrogens is 220 g/mol. The molecule has 3 N–H and O–H groups in total. The Kier molecular flexibility index (Phi) is 4.23. The molecule has 0 saturated carbocycles. The first-order valence-corrected chi connectivity index (χ1v) is 5.20. The van der Waals surface area contributed by atoms with Crippen LogP contribution in [-0.4, -0.2) is 17.5 Å². The zero-order valence-electron chi connectivity index (χ0n) is 9.90. The summed E-state index contributed by atoms with van der Waals surface area (Å²) in [5.74, 6) is -0.574. The Morgan fingerprint density at radius 1 is 1.29 bits per heavy atom. The lowest BCUT2D eigenvalue weighted by Crippen LogP contribution is -2.50. The number of hydrogen-bond acceptors (Lipinski definition) is 4. The number of rotatable bonds is 3. The Balaban J connectivity index is 2.39. The summed E-state index contributed by atoms with van der Waals surface area (Å²) in [6, 6.07) is 9.18. The standard InChI is InChI=1S/C12H16N2O3/c1-12(2,13)10(15)14-11(16)17-8-9-6-4-3-5-7-9/h3-7H,8,13H2,1-2H3,(H,14,15,16). The Bertz CT molecular complexity index is 396. The summed E-state index contributed by atoms with van der Waals surface area (Å²) >= 11 is 0. The molecule has 0 aliphatic carbocycles. The second kappa shape index (κ2) is 5.45. The predicted octanol–water partition coefficient (Wildman–Crippen LogP) is 1.18. The minimum atomic E-state index is -1.11. The first-order chi connectivity index (χ1) is 7.89. The lowest BCUT2D eigenvalue weighted by Gasteiger charge is -2.16. The van der Waals surface area contributed by atoms with E-state index in [4.69, 9.17) is 10.5 Å². The van der Waals surface area contributed by atoms with Gasteiger partial charge < -0.3 is 10.5 Å². The van der Waals surface area contributed by atoms with E-state index in [0.717, 1.165) is 5.56 Å². The van der Waals surface area contributed by atoms with Gasteiger partial charge in [-0.3, -0.25) is 10.1 Å². The minimum Gasteiger partial charge on any atom is -0.444 e. The maximum Gasteiger partial charge on any atom is 0.414 e. The van der Waals surface area contributed by atoms with Crippen molar-refractivity contribution < 1.29 is 14.3 Å². The molecule has 0 atom stereocenters. The summed E-state index contributed by atoms with van der Waals surface area (Å²) in [5, 5.41) is 2.07. The number of carbonyl (C=O) groups excluding carboxylic acids is 2. The van der Waals surface area contributed by atoms with Gasteiger partial charge in [-0.1, -0.05) is 30.3 Å². The van der Waals surface area contributed by atoms with E-state index < -0.39 is 17.5 Å². The average Bonchev–Trinajstić information content (AvgIpc) is 2.26. The third kappa shape index (κ3) is 4.65. The fraction of sp³-hybridized carbons (Fsp3) is 0.333. The number of ether oxygens (including phenoxy) is 1. The number of amides is 2. The van der Waals surface area contributed by atoms with E-state index in [1.165, 1.54) is 13.8 Å². The molecule has 1 aromatic rings. The van der Waals surface area contributed by atoms with Crippen LogP contribution in [0.2, 0.25) is 0 Å². The molecule has 2 amide bonds. The molecule has 0 aromatic heterocycles. The van der Waals surface area contributed by atoms with Crippen molar-refractivity contribution in [2.75, 3.05) is 0 Å². The van der Waals surface area contributed by atoms with Gasteiger partial charge in [0, 0.05) is 0 Å².